The van der Waals surface area contributed by atoms with Crippen molar-refractivity contribution in [3.05, 3.63) is 59.7 Å². The Morgan fingerprint density at radius 2 is 1.25 bits per heavy atom. The molecule has 0 fully saturated rings. The van der Waals surface area contributed by atoms with Crippen LogP contribution in [0.15, 0.2) is 48.5 Å². The van der Waals surface area contributed by atoms with Crippen molar-refractivity contribution in [1.82, 2.24) is 4.31 Å². The molecule has 2 rings (SSSR count). The molecule has 0 saturated carbocycles. The Labute approximate surface area is 167 Å². The van der Waals surface area contributed by atoms with E-state index in [9.17, 15) is 13.2 Å². The van der Waals surface area contributed by atoms with Crippen molar-refractivity contribution < 1.29 is 22.7 Å². The molecule has 0 aliphatic rings. The molecule has 0 saturated heterocycles. The van der Waals surface area contributed by atoms with E-state index in [1.807, 2.05) is 24.3 Å². The number of aldehydes is 1. The van der Waals surface area contributed by atoms with Crippen molar-refractivity contribution in [1.29, 1.82) is 0 Å². The lowest BCUT2D eigenvalue weighted by Gasteiger charge is -2.27. The standard InChI is InChI=1S/C21H27NO5S/c1-16(2)21(15-23)28(24,25)22(13-17-5-9-19(26-3)10-6-17)14-18-7-11-20(27-4)12-8-18/h5-12,15-16,21H,13-14H2,1-4H3/t21-/m1/s1. The Kier molecular flexibility index (Phi) is 7.60. The molecule has 0 radical (unpaired) electrons. The van der Waals surface area contributed by atoms with Crippen LogP contribution in [0.5, 0.6) is 11.5 Å². The molecule has 1 atom stereocenters. The van der Waals surface area contributed by atoms with Gasteiger partial charge in [-0.2, -0.15) is 4.31 Å². The number of carbonyl (C=O) groups is 1. The summed E-state index contributed by atoms with van der Waals surface area (Å²) in [5.41, 5.74) is 1.62. The van der Waals surface area contributed by atoms with Gasteiger partial charge in [-0.3, -0.25) is 0 Å². The van der Waals surface area contributed by atoms with Crippen LogP contribution < -0.4 is 9.47 Å². The minimum absolute atomic E-state index is 0.162. The Hall–Kier alpha value is -2.38. The summed E-state index contributed by atoms with van der Waals surface area (Å²) in [7, 11) is -0.685. The lowest BCUT2D eigenvalue weighted by atomic mass is 10.1. The lowest BCUT2D eigenvalue weighted by Crippen LogP contribution is -2.41. The quantitative estimate of drug-likeness (QED) is 0.567. The molecular formula is C21H27NO5S. The van der Waals surface area contributed by atoms with Gasteiger partial charge >= 0.3 is 0 Å². The average molecular weight is 406 g/mol. The number of benzene rings is 2. The molecule has 28 heavy (non-hydrogen) atoms. The summed E-state index contributed by atoms with van der Waals surface area (Å²) in [6.07, 6.45) is 0.523. The third kappa shape index (κ3) is 5.33. The second kappa shape index (κ2) is 9.71. The van der Waals surface area contributed by atoms with Gasteiger partial charge < -0.3 is 14.3 Å². The van der Waals surface area contributed by atoms with Crippen LogP contribution in [0, 0.1) is 5.92 Å². The number of rotatable bonds is 10. The summed E-state index contributed by atoms with van der Waals surface area (Å²) in [4.78, 5) is 11.5. The minimum Gasteiger partial charge on any atom is -0.497 e. The molecule has 7 heteroatoms. The number of nitrogens with zero attached hydrogens (tertiary/aromatic N) is 1. The van der Waals surface area contributed by atoms with Crippen molar-refractivity contribution in [2.24, 2.45) is 5.92 Å². The molecule has 0 aliphatic carbocycles. The maximum atomic E-state index is 13.2. The van der Waals surface area contributed by atoms with Crippen LogP contribution >= 0.6 is 0 Å². The third-order valence-corrected chi connectivity index (χ3v) is 6.85. The van der Waals surface area contributed by atoms with Gasteiger partial charge in [0.2, 0.25) is 10.0 Å². The van der Waals surface area contributed by atoms with E-state index in [4.69, 9.17) is 9.47 Å². The van der Waals surface area contributed by atoms with Crippen molar-refractivity contribution in [3.63, 3.8) is 0 Å². The molecule has 152 valence electrons. The molecule has 0 heterocycles. The van der Waals surface area contributed by atoms with E-state index in [1.165, 1.54) is 4.31 Å². The first-order valence-corrected chi connectivity index (χ1v) is 10.5. The van der Waals surface area contributed by atoms with Crippen molar-refractivity contribution in [2.75, 3.05) is 14.2 Å². The number of sulfonamides is 1. The highest BCUT2D eigenvalue weighted by molar-refractivity contribution is 7.90. The van der Waals surface area contributed by atoms with Gasteiger partial charge in [-0.15, -0.1) is 0 Å². The topological polar surface area (TPSA) is 72.9 Å². The molecular weight excluding hydrogens is 378 g/mol. The molecule has 0 amide bonds. The Bertz CT molecular complexity index is 811. The van der Waals surface area contributed by atoms with Crippen molar-refractivity contribution in [3.8, 4) is 11.5 Å². The maximum absolute atomic E-state index is 13.2. The van der Waals surface area contributed by atoms with Crippen molar-refractivity contribution in [2.45, 2.75) is 32.2 Å². The molecule has 2 aromatic rings. The first-order valence-electron chi connectivity index (χ1n) is 9.02. The van der Waals surface area contributed by atoms with E-state index in [-0.39, 0.29) is 19.0 Å². The monoisotopic (exact) mass is 405 g/mol. The summed E-state index contributed by atoms with van der Waals surface area (Å²) >= 11 is 0. The predicted molar refractivity (Wildman–Crippen MR) is 109 cm³/mol. The summed E-state index contributed by atoms with van der Waals surface area (Å²) < 4.78 is 38.1. The third-order valence-electron chi connectivity index (χ3n) is 4.53. The summed E-state index contributed by atoms with van der Waals surface area (Å²) in [6, 6.07) is 14.4. The molecule has 6 nitrogen and oxygen atoms in total. The van der Waals surface area contributed by atoms with Gasteiger partial charge in [0.1, 0.15) is 23.0 Å². The number of methoxy groups -OCH3 is 2. The molecule has 2 aromatic carbocycles. The molecule has 0 aromatic heterocycles. The van der Waals surface area contributed by atoms with E-state index in [1.54, 1.807) is 52.3 Å². The fourth-order valence-electron chi connectivity index (χ4n) is 2.85. The van der Waals surface area contributed by atoms with Crippen LogP contribution in [0.4, 0.5) is 0 Å². The fraction of sp³-hybridized carbons (Fsp3) is 0.381. The summed E-state index contributed by atoms with van der Waals surface area (Å²) in [5, 5.41) is -1.09. The highest BCUT2D eigenvalue weighted by Gasteiger charge is 2.34. The number of ether oxygens (including phenoxy) is 2. The van der Waals surface area contributed by atoms with Gasteiger partial charge in [-0.25, -0.2) is 8.42 Å². The van der Waals surface area contributed by atoms with Gasteiger partial charge in [0.05, 0.1) is 14.2 Å². The largest absolute Gasteiger partial charge is 0.497 e. The van der Waals surface area contributed by atoms with E-state index in [2.05, 4.69) is 0 Å². The van der Waals surface area contributed by atoms with Gasteiger partial charge in [0, 0.05) is 13.1 Å². The van der Waals surface area contributed by atoms with E-state index < -0.39 is 15.3 Å². The maximum Gasteiger partial charge on any atom is 0.224 e. The van der Waals surface area contributed by atoms with Gasteiger partial charge in [0.25, 0.3) is 0 Å². The minimum atomic E-state index is -3.84. The molecule has 0 spiro atoms. The van der Waals surface area contributed by atoms with Crippen LogP contribution in [0.1, 0.15) is 25.0 Å². The zero-order chi connectivity index (χ0) is 20.7. The molecule has 0 N–H and O–H groups in total. The second-order valence-corrected chi connectivity index (χ2v) is 8.94. The zero-order valence-electron chi connectivity index (χ0n) is 16.7. The first-order chi connectivity index (χ1) is 13.3. The molecule has 0 bridgehead atoms. The lowest BCUT2D eigenvalue weighted by molar-refractivity contribution is -0.108. The van der Waals surface area contributed by atoms with Gasteiger partial charge in [-0.1, -0.05) is 38.1 Å². The fourth-order valence-corrected chi connectivity index (χ4v) is 4.68. The normalized spacial score (nSPS) is 12.8. The van der Waals surface area contributed by atoms with Crippen LogP contribution in [0.25, 0.3) is 0 Å². The van der Waals surface area contributed by atoms with E-state index >= 15 is 0 Å². The molecule has 0 unspecified atom stereocenters. The highest BCUT2D eigenvalue weighted by atomic mass is 32.2. The van der Waals surface area contributed by atoms with Gasteiger partial charge in [-0.05, 0) is 41.3 Å². The van der Waals surface area contributed by atoms with Gasteiger partial charge in [0.15, 0.2) is 0 Å². The SMILES string of the molecule is COc1ccc(CN(Cc2ccc(OC)cc2)S(=O)(=O)[C@H](C=O)C(C)C)cc1. The summed E-state index contributed by atoms with van der Waals surface area (Å²) in [6.45, 7) is 3.79. The first kappa shape index (κ1) is 21.9. The predicted octanol–water partition coefficient (Wildman–Crippen LogP) is 3.26. The van der Waals surface area contributed by atoms with E-state index in [0.29, 0.717) is 17.8 Å². The number of hydrogen-bond acceptors (Lipinski definition) is 5. The Morgan fingerprint density at radius 3 is 1.54 bits per heavy atom. The van der Waals surface area contributed by atoms with Crippen molar-refractivity contribution >= 4 is 16.3 Å². The van der Waals surface area contributed by atoms with Crippen LogP contribution in [-0.4, -0.2) is 38.5 Å². The average Bonchev–Trinajstić information content (AvgIpc) is 2.68. The molecule has 0 aliphatic heterocycles. The van der Waals surface area contributed by atoms with Crippen LogP contribution in [-0.2, 0) is 27.9 Å². The number of hydrogen-bond donors (Lipinski definition) is 0. The zero-order valence-corrected chi connectivity index (χ0v) is 17.5. The summed E-state index contributed by atoms with van der Waals surface area (Å²) in [5.74, 6) is 1.07. The number of carbonyl (C=O) groups excluding carboxylic acids is 1. The highest BCUT2D eigenvalue weighted by Crippen LogP contribution is 2.23. The van der Waals surface area contributed by atoms with E-state index in [0.717, 1.165) is 11.1 Å². The Balaban J connectivity index is 2.36. The second-order valence-electron chi connectivity index (χ2n) is 6.85. The van der Waals surface area contributed by atoms with Crippen LogP contribution in [0.2, 0.25) is 0 Å². The smallest absolute Gasteiger partial charge is 0.224 e. The Morgan fingerprint density at radius 1 is 0.857 bits per heavy atom. The van der Waals surface area contributed by atoms with Crippen LogP contribution in [0.3, 0.4) is 0 Å².